The van der Waals surface area contributed by atoms with Gasteiger partial charge in [0.05, 0.1) is 5.75 Å². The number of rotatable bonds is 8. The molecular weight excluding hydrogens is 310 g/mol. The summed E-state index contributed by atoms with van der Waals surface area (Å²) in [5.41, 5.74) is 0.935. The fourth-order valence-electron chi connectivity index (χ4n) is 1.95. The Bertz CT molecular complexity index is 656. The number of nitrogens with zero attached hydrogens (tertiary/aromatic N) is 4. The molecular formula is C16H21N5OS. The predicted octanol–water partition coefficient (Wildman–Crippen LogP) is 2.53. The third kappa shape index (κ3) is 4.66. The molecule has 1 N–H and O–H groups in total. The number of aromatic nitrogens is 4. The van der Waals surface area contributed by atoms with Crippen LogP contribution in [0.4, 0.5) is 0 Å². The van der Waals surface area contributed by atoms with E-state index >= 15 is 0 Å². The summed E-state index contributed by atoms with van der Waals surface area (Å²) in [5.74, 6) is 1.07. The van der Waals surface area contributed by atoms with E-state index in [2.05, 4.69) is 27.1 Å². The van der Waals surface area contributed by atoms with Gasteiger partial charge < -0.3 is 5.32 Å². The van der Waals surface area contributed by atoms with Crippen LogP contribution in [-0.4, -0.2) is 37.5 Å². The van der Waals surface area contributed by atoms with Gasteiger partial charge in [0.1, 0.15) is 0 Å². The van der Waals surface area contributed by atoms with Crippen LogP contribution in [0, 0.1) is 0 Å². The van der Waals surface area contributed by atoms with Crippen LogP contribution in [-0.2, 0) is 11.3 Å². The van der Waals surface area contributed by atoms with E-state index in [0.29, 0.717) is 17.5 Å². The topological polar surface area (TPSA) is 72.7 Å². The average Bonchev–Trinajstić information content (AvgIpc) is 2.97. The van der Waals surface area contributed by atoms with Gasteiger partial charge in [0.25, 0.3) is 0 Å². The van der Waals surface area contributed by atoms with Crippen LogP contribution in [0.5, 0.6) is 0 Å². The Morgan fingerprint density at radius 1 is 1.43 bits per heavy atom. The molecule has 0 radical (unpaired) electrons. The molecule has 0 aromatic carbocycles. The van der Waals surface area contributed by atoms with E-state index in [1.807, 2.05) is 30.5 Å². The van der Waals surface area contributed by atoms with Crippen molar-refractivity contribution in [1.29, 1.82) is 0 Å². The van der Waals surface area contributed by atoms with Gasteiger partial charge in [-0.1, -0.05) is 24.8 Å². The first kappa shape index (κ1) is 17.2. The molecule has 23 heavy (non-hydrogen) atoms. The maximum Gasteiger partial charge on any atom is 0.230 e. The first-order chi connectivity index (χ1) is 11.2. The number of hydrogen-bond acceptors (Lipinski definition) is 5. The van der Waals surface area contributed by atoms with Gasteiger partial charge in [0.15, 0.2) is 11.0 Å². The number of thioether (sulfide) groups is 1. The smallest absolute Gasteiger partial charge is 0.230 e. The molecule has 2 aromatic heterocycles. The van der Waals surface area contributed by atoms with Gasteiger partial charge in [0.2, 0.25) is 5.91 Å². The van der Waals surface area contributed by atoms with Crippen molar-refractivity contribution >= 4 is 17.7 Å². The van der Waals surface area contributed by atoms with E-state index in [9.17, 15) is 4.79 Å². The second kappa shape index (κ2) is 8.47. The lowest BCUT2D eigenvalue weighted by Gasteiger charge is -2.11. The fourth-order valence-corrected chi connectivity index (χ4v) is 2.71. The zero-order valence-electron chi connectivity index (χ0n) is 13.4. The number of nitrogens with one attached hydrogen (secondary N) is 1. The molecule has 2 aromatic rings. The monoisotopic (exact) mass is 331 g/mol. The molecule has 0 fully saturated rings. The first-order valence-electron chi connectivity index (χ1n) is 7.52. The lowest BCUT2D eigenvalue weighted by atomic mass is 10.2. The van der Waals surface area contributed by atoms with Crippen molar-refractivity contribution in [2.24, 2.45) is 0 Å². The lowest BCUT2D eigenvalue weighted by Crippen LogP contribution is -2.33. The maximum atomic E-state index is 11.9. The summed E-state index contributed by atoms with van der Waals surface area (Å²) in [6.07, 6.45) is 6.13. The molecule has 0 unspecified atom stereocenters. The van der Waals surface area contributed by atoms with Crippen LogP contribution >= 0.6 is 11.8 Å². The van der Waals surface area contributed by atoms with Crippen molar-refractivity contribution in [3.8, 4) is 11.4 Å². The maximum absolute atomic E-state index is 11.9. The van der Waals surface area contributed by atoms with Crippen molar-refractivity contribution in [2.75, 3.05) is 5.75 Å². The second-order valence-corrected chi connectivity index (χ2v) is 6.05. The Morgan fingerprint density at radius 3 is 2.83 bits per heavy atom. The highest BCUT2D eigenvalue weighted by Gasteiger charge is 2.15. The van der Waals surface area contributed by atoms with Gasteiger partial charge in [-0.05, 0) is 25.5 Å². The first-order valence-corrected chi connectivity index (χ1v) is 8.51. The standard InChI is InChI=1S/C16H21N5OS/c1-4-10-21-15(13-6-8-17-9-7-13)19-20-16(21)23-11-14(22)18-12(3)5-2/h4,6-9,12H,1,5,10-11H2,2-3H3,(H,18,22)/t12-/m1/s1. The lowest BCUT2D eigenvalue weighted by molar-refractivity contribution is -0.119. The van der Waals surface area contributed by atoms with Gasteiger partial charge in [0, 0.05) is 30.5 Å². The van der Waals surface area contributed by atoms with Crippen LogP contribution in [0.2, 0.25) is 0 Å². The molecule has 122 valence electrons. The van der Waals surface area contributed by atoms with Crippen molar-refractivity contribution in [3.05, 3.63) is 37.2 Å². The molecule has 0 bridgehead atoms. The van der Waals surface area contributed by atoms with E-state index in [-0.39, 0.29) is 11.9 Å². The predicted molar refractivity (Wildman–Crippen MR) is 92.1 cm³/mol. The zero-order valence-corrected chi connectivity index (χ0v) is 14.2. The quantitative estimate of drug-likeness (QED) is 0.594. The van der Waals surface area contributed by atoms with E-state index in [1.54, 1.807) is 18.5 Å². The number of pyridine rings is 1. The van der Waals surface area contributed by atoms with Gasteiger partial charge in [-0.25, -0.2) is 0 Å². The Kier molecular flexibility index (Phi) is 6.34. The molecule has 2 heterocycles. The van der Waals surface area contributed by atoms with E-state index < -0.39 is 0 Å². The van der Waals surface area contributed by atoms with Crippen LogP contribution < -0.4 is 5.32 Å². The summed E-state index contributed by atoms with van der Waals surface area (Å²) < 4.78 is 1.95. The third-order valence-electron chi connectivity index (χ3n) is 3.32. The molecule has 1 amide bonds. The molecule has 0 aliphatic carbocycles. The average molecular weight is 331 g/mol. The van der Waals surface area contributed by atoms with Crippen molar-refractivity contribution < 1.29 is 4.79 Å². The van der Waals surface area contributed by atoms with Crippen molar-refractivity contribution in [3.63, 3.8) is 0 Å². The molecule has 0 spiro atoms. The van der Waals surface area contributed by atoms with Crippen molar-refractivity contribution in [1.82, 2.24) is 25.1 Å². The van der Waals surface area contributed by atoms with Crippen LogP contribution in [0.15, 0.2) is 42.3 Å². The summed E-state index contributed by atoms with van der Waals surface area (Å²) in [6.45, 7) is 8.40. The molecule has 0 aliphatic heterocycles. The van der Waals surface area contributed by atoms with Crippen LogP contribution in [0.1, 0.15) is 20.3 Å². The van der Waals surface area contributed by atoms with Gasteiger partial charge in [-0.2, -0.15) is 0 Å². The SMILES string of the molecule is C=CCn1c(SCC(=O)N[C@H](C)CC)nnc1-c1ccncc1. The number of hydrogen-bond donors (Lipinski definition) is 1. The van der Waals surface area contributed by atoms with E-state index in [4.69, 9.17) is 0 Å². The van der Waals surface area contributed by atoms with E-state index in [1.165, 1.54) is 11.8 Å². The number of carbonyl (C=O) groups excluding carboxylic acids is 1. The third-order valence-corrected chi connectivity index (χ3v) is 4.29. The normalized spacial score (nSPS) is 11.9. The number of carbonyl (C=O) groups is 1. The highest BCUT2D eigenvalue weighted by Crippen LogP contribution is 2.23. The molecule has 0 saturated carbocycles. The molecule has 1 atom stereocenters. The minimum absolute atomic E-state index is 0.00274. The van der Waals surface area contributed by atoms with Crippen molar-refractivity contribution in [2.45, 2.75) is 38.0 Å². The highest BCUT2D eigenvalue weighted by molar-refractivity contribution is 7.99. The zero-order chi connectivity index (χ0) is 16.7. The molecule has 2 rings (SSSR count). The summed E-state index contributed by atoms with van der Waals surface area (Å²) in [4.78, 5) is 15.9. The van der Waals surface area contributed by atoms with Gasteiger partial charge in [-0.15, -0.1) is 16.8 Å². The fraction of sp³-hybridized carbons (Fsp3) is 0.375. The Balaban J connectivity index is 2.12. The van der Waals surface area contributed by atoms with Gasteiger partial charge >= 0.3 is 0 Å². The van der Waals surface area contributed by atoms with Crippen LogP contribution in [0.3, 0.4) is 0 Å². The summed E-state index contributed by atoms with van der Waals surface area (Å²) in [5, 5.41) is 12.1. The molecule has 6 nitrogen and oxygen atoms in total. The number of allylic oxidation sites excluding steroid dienone is 1. The second-order valence-electron chi connectivity index (χ2n) is 5.11. The summed E-state index contributed by atoms with van der Waals surface area (Å²) in [6, 6.07) is 3.95. The van der Waals surface area contributed by atoms with Crippen LogP contribution in [0.25, 0.3) is 11.4 Å². The highest BCUT2D eigenvalue weighted by atomic mass is 32.2. The molecule has 7 heteroatoms. The Labute approximate surface area is 140 Å². The van der Waals surface area contributed by atoms with E-state index in [0.717, 1.165) is 17.8 Å². The minimum atomic E-state index is 0.00274. The number of amides is 1. The summed E-state index contributed by atoms with van der Waals surface area (Å²) >= 11 is 1.38. The molecule has 0 saturated heterocycles. The Morgan fingerprint density at radius 2 is 2.17 bits per heavy atom. The minimum Gasteiger partial charge on any atom is -0.353 e. The Hall–Kier alpha value is -2.15. The largest absolute Gasteiger partial charge is 0.353 e. The molecule has 0 aliphatic rings. The van der Waals surface area contributed by atoms with Gasteiger partial charge in [-0.3, -0.25) is 14.3 Å². The summed E-state index contributed by atoms with van der Waals surface area (Å²) in [7, 11) is 0.